The molecule has 5 heteroatoms. The van der Waals surface area contributed by atoms with Crippen molar-refractivity contribution >= 4 is 17.6 Å². The molecule has 1 aromatic rings. The predicted octanol–water partition coefficient (Wildman–Crippen LogP) is 0.815. The second-order valence-corrected chi connectivity index (χ2v) is 2.66. The summed E-state index contributed by atoms with van der Waals surface area (Å²) in [6, 6.07) is 6.18. The highest BCUT2D eigenvalue weighted by molar-refractivity contribution is 5.91. The second-order valence-electron chi connectivity index (χ2n) is 2.66. The highest BCUT2D eigenvalue weighted by Gasteiger charge is 2.00. The lowest BCUT2D eigenvalue weighted by atomic mass is 10.3. The number of hydrogen-bond acceptors (Lipinski definition) is 4. The summed E-state index contributed by atoms with van der Waals surface area (Å²) in [5.74, 6) is -1.64. The summed E-state index contributed by atoms with van der Waals surface area (Å²) in [4.78, 5) is 21.1. The highest BCUT2D eigenvalue weighted by atomic mass is 16.5. The summed E-state index contributed by atoms with van der Waals surface area (Å²) < 4.78 is 4.78. The van der Waals surface area contributed by atoms with Crippen LogP contribution in [0, 0.1) is 0 Å². The normalized spacial score (nSPS) is 10.1. The number of benzene rings is 1. The van der Waals surface area contributed by atoms with Crippen LogP contribution in [0.2, 0.25) is 0 Å². The minimum absolute atomic E-state index is 0.309. The van der Waals surface area contributed by atoms with Crippen LogP contribution in [0.15, 0.2) is 36.4 Å². The van der Waals surface area contributed by atoms with Gasteiger partial charge in [-0.1, -0.05) is 0 Å². The van der Waals surface area contributed by atoms with Crippen molar-refractivity contribution in [2.24, 2.45) is 0 Å². The van der Waals surface area contributed by atoms with Gasteiger partial charge in [-0.05, 0) is 24.3 Å². The molecule has 1 rings (SSSR count). The first-order valence-corrected chi connectivity index (χ1v) is 4.06. The molecule has 0 fully saturated rings. The number of aliphatic carboxylic acids is 1. The molecule has 0 aliphatic carbocycles. The third-order valence-electron chi connectivity index (χ3n) is 1.46. The molecule has 0 unspecified atom stereocenters. The minimum atomic E-state index is -1.20. The van der Waals surface area contributed by atoms with Gasteiger partial charge in [-0.2, -0.15) is 0 Å². The van der Waals surface area contributed by atoms with Gasteiger partial charge in [-0.25, -0.2) is 9.59 Å². The van der Waals surface area contributed by atoms with E-state index in [9.17, 15) is 9.59 Å². The molecule has 15 heavy (non-hydrogen) atoms. The number of carbonyl (C=O) groups excluding carboxylic acids is 1. The van der Waals surface area contributed by atoms with Crippen LogP contribution in [-0.4, -0.2) is 17.0 Å². The number of anilines is 1. The van der Waals surface area contributed by atoms with Crippen LogP contribution in [0.5, 0.6) is 5.75 Å². The molecule has 0 atom stereocenters. The maximum atomic E-state index is 11.0. The zero-order chi connectivity index (χ0) is 11.3. The highest BCUT2D eigenvalue weighted by Crippen LogP contribution is 2.13. The number of nitrogen functional groups attached to an aromatic ring is 1. The zero-order valence-corrected chi connectivity index (χ0v) is 7.71. The van der Waals surface area contributed by atoms with Crippen molar-refractivity contribution in [2.75, 3.05) is 5.73 Å². The van der Waals surface area contributed by atoms with E-state index < -0.39 is 11.9 Å². The minimum Gasteiger partial charge on any atom is -0.478 e. The maximum absolute atomic E-state index is 11.0. The molecule has 0 saturated carbocycles. The molecule has 0 radical (unpaired) electrons. The van der Waals surface area contributed by atoms with E-state index >= 15 is 0 Å². The maximum Gasteiger partial charge on any atom is 0.336 e. The third-order valence-corrected chi connectivity index (χ3v) is 1.46. The van der Waals surface area contributed by atoms with Gasteiger partial charge in [0.25, 0.3) is 0 Å². The van der Waals surface area contributed by atoms with Crippen molar-refractivity contribution in [1.29, 1.82) is 0 Å². The van der Waals surface area contributed by atoms with E-state index in [2.05, 4.69) is 0 Å². The lowest BCUT2D eigenvalue weighted by Gasteiger charge is -2.00. The molecule has 3 N–H and O–H groups in total. The first-order chi connectivity index (χ1) is 7.08. The van der Waals surface area contributed by atoms with E-state index in [-0.39, 0.29) is 0 Å². The van der Waals surface area contributed by atoms with Crippen molar-refractivity contribution < 1.29 is 19.4 Å². The molecule has 0 spiro atoms. The monoisotopic (exact) mass is 207 g/mol. The molecule has 0 aliphatic heterocycles. The topological polar surface area (TPSA) is 89.6 Å². The van der Waals surface area contributed by atoms with Crippen molar-refractivity contribution in [2.45, 2.75) is 0 Å². The molecule has 0 heterocycles. The second kappa shape index (κ2) is 4.80. The number of carboxylic acid groups (broad SMARTS) is 1. The Kier molecular flexibility index (Phi) is 3.45. The Labute approximate surface area is 85.8 Å². The van der Waals surface area contributed by atoms with Crippen LogP contribution < -0.4 is 10.5 Å². The van der Waals surface area contributed by atoms with Gasteiger partial charge >= 0.3 is 11.9 Å². The van der Waals surface area contributed by atoms with Gasteiger partial charge in [0.2, 0.25) is 0 Å². The van der Waals surface area contributed by atoms with Gasteiger partial charge in [0.1, 0.15) is 5.75 Å². The van der Waals surface area contributed by atoms with E-state index in [1.54, 1.807) is 12.1 Å². The van der Waals surface area contributed by atoms with Gasteiger partial charge in [-0.15, -0.1) is 0 Å². The predicted molar refractivity (Wildman–Crippen MR) is 53.3 cm³/mol. The summed E-state index contributed by atoms with van der Waals surface area (Å²) in [6.07, 6.45) is 1.54. The van der Waals surface area contributed by atoms with Gasteiger partial charge < -0.3 is 15.6 Å². The van der Waals surface area contributed by atoms with Gasteiger partial charge in [0.05, 0.1) is 0 Å². The fourth-order valence-electron chi connectivity index (χ4n) is 0.825. The molecule has 0 aromatic heterocycles. The Morgan fingerprint density at radius 1 is 1.20 bits per heavy atom. The summed E-state index contributed by atoms with van der Waals surface area (Å²) in [5, 5.41) is 8.25. The molecular formula is C10H9NO4. The number of rotatable bonds is 3. The van der Waals surface area contributed by atoms with Crippen LogP contribution in [0.1, 0.15) is 0 Å². The number of carboxylic acids is 1. The lowest BCUT2D eigenvalue weighted by molar-refractivity contribution is -0.133. The van der Waals surface area contributed by atoms with Crippen LogP contribution >= 0.6 is 0 Å². The molecule has 0 saturated heterocycles. The molecular weight excluding hydrogens is 198 g/mol. The summed E-state index contributed by atoms with van der Waals surface area (Å²) in [7, 11) is 0. The van der Waals surface area contributed by atoms with Crippen molar-refractivity contribution in [3.05, 3.63) is 36.4 Å². The van der Waals surface area contributed by atoms with E-state index in [4.69, 9.17) is 15.6 Å². The zero-order valence-electron chi connectivity index (χ0n) is 7.71. The summed E-state index contributed by atoms with van der Waals surface area (Å²) in [6.45, 7) is 0. The van der Waals surface area contributed by atoms with E-state index in [0.29, 0.717) is 17.5 Å². The van der Waals surface area contributed by atoms with Gasteiger partial charge in [-0.3, -0.25) is 0 Å². The Bertz CT molecular complexity index is 394. The number of carbonyl (C=O) groups is 2. The van der Waals surface area contributed by atoms with Crippen LogP contribution in [0.25, 0.3) is 0 Å². The van der Waals surface area contributed by atoms with Crippen molar-refractivity contribution in [1.82, 2.24) is 0 Å². The van der Waals surface area contributed by atoms with Crippen LogP contribution in [-0.2, 0) is 9.59 Å². The Morgan fingerprint density at radius 3 is 2.33 bits per heavy atom. The molecule has 1 aromatic carbocycles. The lowest BCUT2D eigenvalue weighted by Crippen LogP contribution is -2.04. The average Bonchev–Trinajstić information content (AvgIpc) is 2.19. The summed E-state index contributed by atoms with van der Waals surface area (Å²) in [5.41, 5.74) is 5.98. The van der Waals surface area contributed by atoms with Crippen LogP contribution in [0.4, 0.5) is 5.69 Å². The molecule has 0 amide bonds. The van der Waals surface area contributed by atoms with Crippen LogP contribution in [0.3, 0.4) is 0 Å². The Balaban J connectivity index is 2.59. The third kappa shape index (κ3) is 3.95. The van der Waals surface area contributed by atoms with E-state index in [1.807, 2.05) is 0 Å². The van der Waals surface area contributed by atoms with E-state index in [1.165, 1.54) is 12.1 Å². The summed E-state index contributed by atoms with van der Waals surface area (Å²) >= 11 is 0. The fraction of sp³-hybridized carbons (Fsp3) is 0. The Hall–Kier alpha value is -2.30. The molecule has 0 aliphatic rings. The van der Waals surface area contributed by atoms with Crippen molar-refractivity contribution in [3.8, 4) is 5.75 Å². The van der Waals surface area contributed by atoms with Crippen molar-refractivity contribution in [3.63, 3.8) is 0 Å². The Morgan fingerprint density at radius 2 is 1.80 bits per heavy atom. The first-order valence-electron chi connectivity index (χ1n) is 4.06. The van der Waals surface area contributed by atoms with Gasteiger partial charge in [0.15, 0.2) is 0 Å². The largest absolute Gasteiger partial charge is 0.478 e. The van der Waals surface area contributed by atoms with Gasteiger partial charge in [0, 0.05) is 17.8 Å². The molecule has 5 nitrogen and oxygen atoms in total. The quantitative estimate of drug-likeness (QED) is 0.331. The number of hydrogen-bond donors (Lipinski definition) is 2. The molecule has 0 bridgehead atoms. The number of nitrogens with two attached hydrogens (primary N) is 1. The number of ether oxygens (including phenoxy) is 1. The number of esters is 1. The fourth-order valence-corrected chi connectivity index (χ4v) is 0.825. The smallest absolute Gasteiger partial charge is 0.336 e. The standard InChI is InChI=1S/C10H9NO4/c11-7-1-3-8(4-2-7)15-10(14)6-5-9(12)13/h1-6H,11H2,(H,12,13)/b6-5-. The average molecular weight is 207 g/mol. The van der Waals surface area contributed by atoms with E-state index in [0.717, 1.165) is 6.08 Å². The molecule has 78 valence electrons. The SMILES string of the molecule is Nc1ccc(OC(=O)/C=C\C(=O)O)cc1. The first kappa shape index (κ1) is 10.8.